The van der Waals surface area contributed by atoms with Gasteiger partial charge in [0.25, 0.3) is 0 Å². The first kappa shape index (κ1) is 11.2. The molecule has 1 aromatic rings. The molecule has 2 atom stereocenters. The van der Waals surface area contributed by atoms with Gasteiger partial charge in [-0.15, -0.1) is 0 Å². The summed E-state index contributed by atoms with van der Waals surface area (Å²) in [7, 11) is 0. The van der Waals surface area contributed by atoms with Gasteiger partial charge in [0, 0.05) is 12.6 Å². The van der Waals surface area contributed by atoms with Crippen LogP contribution in [0.5, 0.6) is 0 Å². The molecule has 1 aromatic carbocycles. The Kier molecular flexibility index (Phi) is 3.44. The Balaban J connectivity index is 1.67. The molecule has 2 unspecified atom stereocenters. The lowest BCUT2D eigenvalue weighted by atomic mass is 9.98. The summed E-state index contributed by atoms with van der Waals surface area (Å²) in [5, 5.41) is 3.58. The first-order valence-corrected chi connectivity index (χ1v) is 6.92. The highest BCUT2D eigenvalue weighted by Gasteiger charge is 2.34. The lowest BCUT2D eigenvalue weighted by Gasteiger charge is -2.26. The van der Waals surface area contributed by atoms with Crippen LogP contribution in [0.1, 0.15) is 24.8 Å². The van der Waals surface area contributed by atoms with Crippen molar-refractivity contribution >= 4 is 0 Å². The molecule has 2 fully saturated rings. The van der Waals surface area contributed by atoms with Crippen LogP contribution in [0.25, 0.3) is 0 Å². The lowest BCUT2D eigenvalue weighted by molar-refractivity contribution is 0.212. The van der Waals surface area contributed by atoms with Crippen molar-refractivity contribution < 1.29 is 0 Å². The Bertz CT molecular complexity index is 349. The largest absolute Gasteiger partial charge is 0.316 e. The van der Waals surface area contributed by atoms with Crippen LogP contribution in [0.4, 0.5) is 0 Å². The van der Waals surface area contributed by atoms with Gasteiger partial charge < -0.3 is 5.32 Å². The van der Waals surface area contributed by atoms with Crippen molar-refractivity contribution in [1.29, 1.82) is 0 Å². The monoisotopic (exact) mass is 230 g/mol. The van der Waals surface area contributed by atoms with E-state index in [-0.39, 0.29) is 0 Å². The molecular weight excluding hydrogens is 208 g/mol. The van der Waals surface area contributed by atoms with Gasteiger partial charge in [-0.05, 0) is 50.4 Å². The van der Waals surface area contributed by atoms with Crippen LogP contribution in [-0.4, -0.2) is 30.6 Å². The maximum atomic E-state index is 3.58. The second-order valence-corrected chi connectivity index (χ2v) is 5.42. The molecule has 2 saturated heterocycles. The molecule has 2 aliphatic heterocycles. The van der Waals surface area contributed by atoms with Crippen molar-refractivity contribution in [2.45, 2.75) is 31.8 Å². The van der Waals surface area contributed by atoms with E-state index in [2.05, 4.69) is 40.5 Å². The molecule has 0 amide bonds. The SMILES string of the molecule is c1ccc(CN2CCC3CNCCCC32)cc1. The summed E-state index contributed by atoms with van der Waals surface area (Å²) in [5.41, 5.74) is 1.46. The lowest BCUT2D eigenvalue weighted by Crippen LogP contribution is -2.33. The van der Waals surface area contributed by atoms with E-state index in [0.717, 1.165) is 18.5 Å². The quantitative estimate of drug-likeness (QED) is 0.838. The number of likely N-dealkylation sites (tertiary alicyclic amines) is 1. The molecular formula is C15H22N2. The van der Waals surface area contributed by atoms with E-state index in [9.17, 15) is 0 Å². The van der Waals surface area contributed by atoms with E-state index in [1.54, 1.807) is 0 Å². The predicted octanol–water partition coefficient (Wildman–Crippen LogP) is 2.26. The molecule has 0 aromatic heterocycles. The molecule has 0 bridgehead atoms. The molecule has 92 valence electrons. The van der Waals surface area contributed by atoms with Crippen LogP contribution >= 0.6 is 0 Å². The maximum absolute atomic E-state index is 3.58. The average Bonchev–Trinajstić information content (AvgIpc) is 2.61. The van der Waals surface area contributed by atoms with Crippen molar-refractivity contribution in [3.8, 4) is 0 Å². The fourth-order valence-electron chi connectivity index (χ4n) is 3.38. The molecule has 2 heteroatoms. The summed E-state index contributed by atoms with van der Waals surface area (Å²) in [4.78, 5) is 2.70. The highest BCUT2D eigenvalue weighted by molar-refractivity contribution is 5.15. The smallest absolute Gasteiger partial charge is 0.0236 e. The minimum absolute atomic E-state index is 0.824. The Hall–Kier alpha value is -0.860. The molecule has 2 aliphatic rings. The number of nitrogens with zero attached hydrogens (tertiary/aromatic N) is 1. The number of hydrogen-bond acceptors (Lipinski definition) is 2. The summed E-state index contributed by atoms with van der Waals surface area (Å²) in [5.74, 6) is 0.890. The Labute approximate surface area is 104 Å². The molecule has 0 spiro atoms. The highest BCUT2D eigenvalue weighted by atomic mass is 15.2. The van der Waals surface area contributed by atoms with Crippen LogP contribution in [0.2, 0.25) is 0 Å². The molecule has 3 rings (SSSR count). The number of nitrogens with one attached hydrogen (secondary N) is 1. The predicted molar refractivity (Wildman–Crippen MR) is 70.9 cm³/mol. The van der Waals surface area contributed by atoms with Crippen molar-refractivity contribution in [1.82, 2.24) is 10.2 Å². The Morgan fingerprint density at radius 3 is 2.94 bits per heavy atom. The van der Waals surface area contributed by atoms with E-state index >= 15 is 0 Å². The molecule has 2 heterocycles. The summed E-state index contributed by atoms with van der Waals surface area (Å²) < 4.78 is 0. The summed E-state index contributed by atoms with van der Waals surface area (Å²) >= 11 is 0. The minimum atomic E-state index is 0.824. The van der Waals surface area contributed by atoms with Gasteiger partial charge in [0.05, 0.1) is 0 Å². The Morgan fingerprint density at radius 2 is 2.06 bits per heavy atom. The van der Waals surface area contributed by atoms with Crippen molar-refractivity contribution in [3.05, 3.63) is 35.9 Å². The zero-order chi connectivity index (χ0) is 11.5. The van der Waals surface area contributed by atoms with Gasteiger partial charge in [-0.2, -0.15) is 0 Å². The average molecular weight is 230 g/mol. The van der Waals surface area contributed by atoms with Gasteiger partial charge in [0.2, 0.25) is 0 Å². The summed E-state index contributed by atoms with van der Waals surface area (Å²) in [6, 6.07) is 11.7. The first-order chi connectivity index (χ1) is 8.43. The zero-order valence-electron chi connectivity index (χ0n) is 10.4. The summed E-state index contributed by atoms with van der Waals surface area (Å²) in [6.07, 6.45) is 4.10. The molecule has 0 saturated carbocycles. The van der Waals surface area contributed by atoms with Gasteiger partial charge in [-0.3, -0.25) is 4.90 Å². The third kappa shape index (κ3) is 2.53. The van der Waals surface area contributed by atoms with Crippen molar-refractivity contribution in [2.24, 2.45) is 5.92 Å². The Morgan fingerprint density at radius 1 is 1.18 bits per heavy atom. The van der Waals surface area contributed by atoms with Crippen LogP contribution in [0, 0.1) is 5.92 Å². The molecule has 0 aliphatic carbocycles. The standard InChI is InChI=1S/C15H22N2/c1-2-5-13(6-3-1)12-17-10-8-14-11-16-9-4-7-15(14)17/h1-3,5-6,14-16H,4,7-12H2. The third-order valence-electron chi connectivity index (χ3n) is 4.29. The van der Waals surface area contributed by atoms with Crippen LogP contribution in [-0.2, 0) is 6.54 Å². The first-order valence-electron chi connectivity index (χ1n) is 6.92. The normalized spacial score (nSPS) is 29.9. The van der Waals surface area contributed by atoms with Crippen LogP contribution in [0.3, 0.4) is 0 Å². The molecule has 2 nitrogen and oxygen atoms in total. The van der Waals surface area contributed by atoms with Crippen LogP contribution in [0.15, 0.2) is 30.3 Å². The highest BCUT2D eigenvalue weighted by Crippen LogP contribution is 2.30. The third-order valence-corrected chi connectivity index (χ3v) is 4.29. The number of rotatable bonds is 2. The number of hydrogen-bond donors (Lipinski definition) is 1. The van der Waals surface area contributed by atoms with E-state index in [1.165, 1.54) is 44.5 Å². The topological polar surface area (TPSA) is 15.3 Å². The van der Waals surface area contributed by atoms with E-state index in [1.807, 2.05) is 0 Å². The van der Waals surface area contributed by atoms with Gasteiger partial charge in [-0.25, -0.2) is 0 Å². The fourth-order valence-corrected chi connectivity index (χ4v) is 3.38. The second kappa shape index (κ2) is 5.19. The van der Waals surface area contributed by atoms with E-state index < -0.39 is 0 Å². The van der Waals surface area contributed by atoms with Crippen molar-refractivity contribution in [3.63, 3.8) is 0 Å². The summed E-state index contributed by atoms with van der Waals surface area (Å²) in [6.45, 7) is 4.87. The van der Waals surface area contributed by atoms with Gasteiger partial charge >= 0.3 is 0 Å². The van der Waals surface area contributed by atoms with Crippen molar-refractivity contribution in [2.75, 3.05) is 19.6 Å². The van der Waals surface area contributed by atoms with Gasteiger partial charge in [0.15, 0.2) is 0 Å². The number of benzene rings is 1. The van der Waals surface area contributed by atoms with Crippen LogP contribution < -0.4 is 5.32 Å². The second-order valence-electron chi connectivity index (χ2n) is 5.42. The maximum Gasteiger partial charge on any atom is 0.0236 e. The molecule has 17 heavy (non-hydrogen) atoms. The fraction of sp³-hybridized carbons (Fsp3) is 0.600. The molecule has 0 radical (unpaired) electrons. The molecule has 1 N–H and O–H groups in total. The zero-order valence-corrected chi connectivity index (χ0v) is 10.4. The number of fused-ring (bicyclic) bond motifs is 1. The minimum Gasteiger partial charge on any atom is -0.316 e. The van der Waals surface area contributed by atoms with Gasteiger partial charge in [-0.1, -0.05) is 30.3 Å². The van der Waals surface area contributed by atoms with E-state index in [0.29, 0.717) is 0 Å². The van der Waals surface area contributed by atoms with E-state index in [4.69, 9.17) is 0 Å². The van der Waals surface area contributed by atoms with Gasteiger partial charge in [0.1, 0.15) is 0 Å².